The molecule has 48 heavy (non-hydrogen) atoms. The average molecular weight is 628 g/mol. The molecule has 0 atom stereocenters. The molecular formula is C46H29NS. The molecule has 0 bridgehead atoms. The second-order valence-electron chi connectivity index (χ2n) is 12.5. The average Bonchev–Trinajstić information content (AvgIpc) is 3.49. The number of aromatic nitrogens is 1. The number of rotatable bonds is 4. The van der Waals surface area contributed by atoms with Crippen molar-refractivity contribution in [1.82, 2.24) is 4.57 Å². The zero-order chi connectivity index (χ0) is 31.6. The van der Waals surface area contributed by atoms with Crippen LogP contribution in [0.3, 0.4) is 0 Å². The highest BCUT2D eigenvalue weighted by atomic mass is 32.2. The van der Waals surface area contributed by atoms with Gasteiger partial charge in [0.15, 0.2) is 0 Å². The van der Waals surface area contributed by atoms with Crippen LogP contribution in [0.15, 0.2) is 186 Å². The van der Waals surface area contributed by atoms with Crippen molar-refractivity contribution in [2.24, 2.45) is 0 Å². The van der Waals surface area contributed by atoms with Gasteiger partial charge in [0.25, 0.3) is 0 Å². The quantitative estimate of drug-likeness (QED) is 0.188. The van der Waals surface area contributed by atoms with Crippen LogP contribution in [0.4, 0.5) is 0 Å². The molecule has 8 aromatic carbocycles. The zero-order valence-corrected chi connectivity index (χ0v) is 26.9. The van der Waals surface area contributed by atoms with Gasteiger partial charge in [-0.05, 0) is 98.4 Å². The van der Waals surface area contributed by atoms with E-state index in [0.717, 1.165) is 0 Å². The van der Waals surface area contributed by atoms with E-state index in [4.69, 9.17) is 0 Å². The Balaban J connectivity index is 1.03. The third-order valence-corrected chi connectivity index (χ3v) is 11.0. The number of benzene rings is 8. The number of nitrogens with zero attached hydrogens (tertiary/aromatic N) is 1. The Kier molecular flexibility index (Phi) is 6.18. The lowest BCUT2D eigenvalue weighted by Gasteiger charge is -2.22. The first-order valence-corrected chi connectivity index (χ1v) is 17.2. The molecule has 1 aliphatic heterocycles. The van der Waals surface area contributed by atoms with Crippen LogP contribution in [-0.4, -0.2) is 4.57 Å². The molecule has 1 nitrogen and oxygen atoms in total. The first kappa shape index (κ1) is 27.3. The Morgan fingerprint density at radius 3 is 1.77 bits per heavy atom. The van der Waals surface area contributed by atoms with Gasteiger partial charge in [0.2, 0.25) is 0 Å². The molecule has 1 aromatic heterocycles. The van der Waals surface area contributed by atoms with Crippen LogP contribution >= 0.6 is 11.8 Å². The fourth-order valence-electron chi connectivity index (χ4n) is 7.54. The van der Waals surface area contributed by atoms with Crippen molar-refractivity contribution in [2.75, 3.05) is 0 Å². The largest absolute Gasteiger partial charge is 0.309 e. The lowest BCUT2D eigenvalue weighted by molar-refractivity contribution is 1.18. The Bertz CT molecular complexity index is 2670. The normalized spacial score (nSPS) is 12.1. The van der Waals surface area contributed by atoms with Gasteiger partial charge >= 0.3 is 0 Å². The van der Waals surface area contributed by atoms with Gasteiger partial charge in [-0.15, -0.1) is 0 Å². The van der Waals surface area contributed by atoms with Crippen molar-refractivity contribution >= 4 is 44.3 Å². The van der Waals surface area contributed by atoms with Gasteiger partial charge in [0, 0.05) is 31.6 Å². The number of para-hydroxylation sites is 2. The van der Waals surface area contributed by atoms with E-state index in [1.807, 2.05) is 11.8 Å². The van der Waals surface area contributed by atoms with Crippen molar-refractivity contribution < 1.29 is 0 Å². The highest BCUT2D eigenvalue weighted by Gasteiger charge is 2.21. The summed E-state index contributed by atoms with van der Waals surface area (Å²) in [6.45, 7) is 0. The van der Waals surface area contributed by atoms with Gasteiger partial charge in [0.05, 0.1) is 11.0 Å². The predicted octanol–water partition coefficient (Wildman–Crippen LogP) is 13.1. The van der Waals surface area contributed by atoms with E-state index in [1.165, 1.54) is 92.6 Å². The first-order chi connectivity index (χ1) is 23.8. The summed E-state index contributed by atoms with van der Waals surface area (Å²) in [4.78, 5) is 2.64. The van der Waals surface area contributed by atoms with Crippen LogP contribution in [0.1, 0.15) is 0 Å². The minimum atomic E-state index is 1.18. The minimum absolute atomic E-state index is 1.18. The Morgan fingerprint density at radius 1 is 0.333 bits per heavy atom. The van der Waals surface area contributed by atoms with E-state index in [2.05, 4.69) is 180 Å². The van der Waals surface area contributed by atoms with Crippen molar-refractivity contribution in [3.05, 3.63) is 176 Å². The van der Waals surface area contributed by atoms with E-state index in [1.54, 1.807) is 0 Å². The van der Waals surface area contributed by atoms with Crippen LogP contribution in [-0.2, 0) is 0 Å². The highest BCUT2D eigenvalue weighted by Crippen LogP contribution is 2.50. The maximum atomic E-state index is 2.38. The summed E-state index contributed by atoms with van der Waals surface area (Å²) in [5, 5.41) is 5.21. The van der Waals surface area contributed by atoms with E-state index < -0.39 is 0 Å². The second-order valence-corrected chi connectivity index (χ2v) is 13.6. The molecule has 0 unspecified atom stereocenters. The molecule has 224 valence electrons. The van der Waals surface area contributed by atoms with Gasteiger partial charge < -0.3 is 4.57 Å². The van der Waals surface area contributed by atoms with Gasteiger partial charge in [-0.1, -0.05) is 139 Å². The van der Waals surface area contributed by atoms with Gasteiger partial charge in [0.1, 0.15) is 0 Å². The fourth-order valence-corrected chi connectivity index (χ4v) is 8.65. The van der Waals surface area contributed by atoms with E-state index in [0.29, 0.717) is 0 Å². The molecule has 0 saturated carbocycles. The Morgan fingerprint density at radius 2 is 0.958 bits per heavy atom. The summed E-state index contributed by atoms with van der Waals surface area (Å²) in [7, 11) is 0. The van der Waals surface area contributed by atoms with E-state index >= 15 is 0 Å². The van der Waals surface area contributed by atoms with Crippen LogP contribution < -0.4 is 0 Å². The summed E-state index contributed by atoms with van der Waals surface area (Å²) in [6.07, 6.45) is 0. The summed E-state index contributed by atoms with van der Waals surface area (Å²) in [5.74, 6) is 0. The van der Waals surface area contributed by atoms with Crippen LogP contribution in [0.5, 0.6) is 0 Å². The molecule has 0 radical (unpaired) electrons. The topological polar surface area (TPSA) is 4.93 Å². The highest BCUT2D eigenvalue weighted by molar-refractivity contribution is 7.99. The third-order valence-electron chi connectivity index (χ3n) is 9.82. The third kappa shape index (κ3) is 4.27. The number of hydrogen-bond acceptors (Lipinski definition) is 1. The van der Waals surface area contributed by atoms with Crippen molar-refractivity contribution in [3.63, 3.8) is 0 Å². The Labute approximate surface area is 283 Å². The molecule has 0 saturated heterocycles. The molecule has 0 fully saturated rings. The fraction of sp³-hybridized carbons (Fsp3) is 0. The number of fused-ring (bicyclic) bond motifs is 5. The van der Waals surface area contributed by atoms with Gasteiger partial charge in [-0.25, -0.2) is 0 Å². The molecule has 0 spiro atoms. The molecule has 9 aromatic rings. The molecule has 2 heteroatoms. The lowest BCUT2D eigenvalue weighted by Crippen LogP contribution is -1.95. The number of hydrogen-bond donors (Lipinski definition) is 0. The lowest BCUT2D eigenvalue weighted by atomic mass is 9.91. The monoisotopic (exact) mass is 627 g/mol. The maximum absolute atomic E-state index is 2.38. The molecule has 1 aliphatic rings. The maximum Gasteiger partial charge on any atom is 0.0541 e. The molecule has 2 heterocycles. The smallest absolute Gasteiger partial charge is 0.0541 e. The van der Waals surface area contributed by atoms with Crippen molar-refractivity contribution in [2.45, 2.75) is 9.79 Å². The van der Waals surface area contributed by atoms with Crippen LogP contribution in [0.2, 0.25) is 0 Å². The van der Waals surface area contributed by atoms with E-state index in [-0.39, 0.29) is 0 Å². The standard InChI is InChI=1S/C46H29NS/c1-3-10-32(11-4-1)36-24-27-45-46-38(36)15-9-16-39(46)41-29-34(23-26-44(41)48-45)31-20-18-30(19-21-31)33-22-25-43-40(28-33)37-14-7-8-17-42(37)47(43)35-12-5-2-6-13-35/h1-29H. The van der Waals surface area contributed by atoms with Crippen LogP contribution in [0.25, 0.3) is 82.8 Å². The molecule has 0 N–H and O–H groups in total. The summed E-state index contributed by atoms with van der Waals surface area (Å²) < 4.78 is 2.37. The molecule has 0 amide bonds. The second kappa shape index (κ2) is 10.9. The summed E-state index contributed by atoms with van der Waals surface area (Å²) >= 11 is 1.88. The Hall–Kier alpha value is -5.83. The van der Waals surface area contributed by atoms with Gasteiger partial charge in [-0.3, -0.25) is 0 Å². The van der Waals surface area contributed by atoms with Crippen LogP contribution in [0, 0.1) is 0 Å². The minimum Gasteiger partial charge on any atom is -0.309 e. The summed E-state index contributed by atoms with van der Waals surface area (Å²) in [5.41, 5.74) is 13.7. The van der Waals surface area contributed by atoms with Crippen molar-refractivity contribution in [3.8, 4) is 50.2 Å². The molecule has 10 rings (SSSR count). The SMILES string of the molecule is c1ccc(-c2ccc3c4c(cccc24)-c2cc(-c4ccc(-c5ccc6c(c5)c5ccccc5n6-c5ccccc5)cc4)ccc2S3)cc1. The van der Waals surface area contributed by atoms with Gasteiger partial charge in [-0.2, -0.15) is 0 Å². The van der Waals surface area contributed by atoms with Crippen molar-refractivity contribution in [1.29, 1.82) is 0 Å². The molecule has 0 aliphatic carbocycles. The molecular weight excluding hydrogens is 599 g/mol. The summed E-state index contributed by atoms with van der Waals surface area (Å²) in [6, 6.07) is 64.4. The van der Waals surface area contributed by atoms with E-state index in [9.17, 15) is 0 Å². The zero-order valence-electron chi connectivity index (χ0n) is 26.1. The first-order valence-electron chi connectivity index (χ1n) is 16.4. The predicted molar refractivity (Wildman–Crippen MR) is 204 cm³/mol.